The molecule has 11 heavy (non-hydrogen) atoms. The average Bonchev–Trinajstić information content (AvgIpc) is 2.15. The molecule has 2 atom stereocenters. The van der Waals surface area contributed by atoms with Crippen molar-refractivity contribution in [2.75, 3.05) is 0 Å². The molecule has 0 aromatic rings. The predicted molar refractivity (Wildman–Crippen MR) is 39.1 cm³/mol. The zero-order valence-electron chi connectivity index (χ0n) is 6.35. The van der Waals surface area contributed by atoms with Gasteiger partial charge in [-0.1, -0.05) is 6.92 Å². The zero-order valence-corrected chi connectivity index (χ0v) is 6.35. The van der Waals surface area contributed by atoms with E-state index in [1.165, 1.54) is 12.2 Å². The van der Waals surface area contributed by atoms with Crippen LogP contribution in [0.4, 0.5) is 8.78 Å². The van der Waals surface area contributed by atoms with Crippen molar-refractivity contribution >= 4 is 0 Å². The summed E-state index contributed by atoms with van der Waals surface area (Å²) in [6.45, 7) is 1.91. The highest BCUT2D eigenvalue weighted by Gasteiger charge is 2.43. The first-order valence-corrected chi connectivity index (χ1v) is 3.93. The van der Waals surface area contributed by atoms with Gasteiger partial charge in [0.05, 0.1) is 0 Å². The Morgan fingerprint density at radius 1 is 1.18 bits per heavy atom. The third-order valence-electron chi connectivity index (χ3n) is 2.89. The van der Waals surface area contributed by atoms with Crippen molar-refractivity contribution in [1.82, 2.24) is 0 Å². The van der Waals surface area contributed by atoms with E-state index < -0.39 is 0 Å². The van der Waals surface area contributed by atoms with Crippen LogP contribution in [0.3, 0.4) is 0 Å². The summed E-state index contributed by atoms with van der Waals surface area (Å²) in [4.78, 5) is 0. The number of hydrogen-bond donors (Lipinski definition) is 0. The number of fused-ring (bicyclic) bond motifs is 1. The molecule has 3 aliphatic rings. The number of hydrogen-bond acceptors (Lipinski definition) is 0. The van der Waals surface area contributed by atoms with Crippen LogP contribution in [0, 0.1) is 17.8 Å². The molecular weight excluding hydrogens is 146 g/mol. The Labute approximate surface area is 64.6 Å². The van der Waals surface area contributed by atoms with E-state index in [0.717, 1.165) is 0 Å². The van der Waals surface area contributed by atoms with Gasteiger partial charge in [0.15, 0.2) is 0 Å². The SMILES string of the molecule is CC1C2CC1C(F)=CC=C2F. The maximum Gasteiger partial charge on any atom is 0.103 e. The molecular formula is C9H10F2. The topological polar surface area (TPSA) is 0 Å². The van der Waals surface area contributed by atoms with Crippen molar-refractivity contribution in [1.29, 1.82) is 0 Å². The van der Waals surface area contributed by atoms with Crippen LogP contribution >= 0.6 is 0 Å². The minimum absolute atomic E-state index is 0.00972. The van der Waals surface area contributed by atoms with E-state index in [9.17, 15) is 8.78 Å². The van der Waals surface area contributed by atoms with E-state index in [-0.39, 0.29) is 29.4 Å². The van der Waals surface area contributed by atoms with E-state index in [4.69, 9.17) is 0 Å². The molecule has 0 aromatic heterocycles. The molecule has 0 nitrogen and oxygen atoms in total. The molecule has 1 fully saturated rings. The minimum Gasteiger partial charge on any atom is -0.212 e. The maximum atomic E-state index is 12.9. The molecule has 3 aliphatic carbocycles. The van der Waals surface area contributed by atoms with Gasteiger partial charge in [0, 0.05) is 11.8 Å². The lowest BCUT2D eigenvalue weighted by atomic mass is 9.65. The molecule has 2 bridgehead atoms. The third-order valence-corrected chi connectivity index (χ3v) is 2.89. The van der Waals surface area contributed by atoms with Crippen molar-refractivity contribution in [2.24, 2.45) is 17.8 Å². The van der Waals surface area contributed by atoms with Crippen LogP contribution in [0.2, 0.25) is 0 Å². The Hall–Kier alpha value is -0.660. The molecule has 2 heteroatoms. The van der Waals surface area contributed by atoms with Crippen LogP contribution in [0.15, 0.2) is 23.8 Å². The van der Waals surface area contributed by atoms with E-state index in [1.807, 2.05) is 6.92 Å². The van der Waals surface area contributed by atoms with Crippen LogP contribution in [-0.2, 0) is 0 Å². The van der Waals surface area contributed by atoms with E-state index in [0.29, 0.717) is 6.42 Å². The van der Waals surface area contributed by atoms with Crippen molar-refractivity contribution in [3.05, 3.63) is 23.8 Å². The van der Waals surface area contributed by atoms with E-state index >= 15 is 0 Å². The average molecular weight is 156 g/mol. The van der Waals surface area contributed by atoms with Crippen LogP contribution in [0.5, 0.6) is 0 Å². The molecule has 0 N–H and O–H groups in total. The van der Waals surface area contributed by atoms with Crippen LogP contribution < -0.4 is 0 Å². The fraction of sp³-hybridized carbons (Fsp3) is 0.556. The molecule has 60 valence electrons. The summed E-state index contributed by atoms with van der Waals surface area (Å²) in [6, 6.07) is 0. The molecule has 0 heterocycles. The first kappa shape index (κ1) is 7.01. The maximum absolute atomic E-state index is 12.9. The lowest BCUT2D eigenvalue weighted by molar-refractivity contribution is 0.112. The highest BCUT2D eigenvalue weighted by atomic mass is 19.1. The smallest absolute Gasteiger partial charge is 0.103 e. The van der Waals surface area contributed by atoms with Gasteiger partial charge in [0.1, 0.15) is 11.7 Å². The standard InChI is InChI=1S/C9H10F2/c1-5-6-4-7(5)9(11)3-2-8(6)10/h2-3,5-7H,4H2,1H3. The third kappa shape index (κ3) is 0.849. The summed E-state index contributed by atoms with van der Waals surface area (Å²) in [7, 11) is 0. The molecule has 0 radical (unpaired) electrons. The molecule has 0 spiro atoms. The summed E-state index contributed by atoms with van der Waals surface area (Å²) in [5, 5.41) is 0. The second-order valence-corrected chi connectivity index (χ2v) is 3.41. The highest BCUT2D eigenvalue weighted by Crippen LogP contribution is 2.50. The van der Waals surface area contributed by atoms with Gasteiger partial charge in [-0.25, -0.2) is 8.78 Å². The Bertz CT molecular complexity index is 216. The van der Waals surface area contributed by atoms with Gasteiger partial charge in [-0.3, -0.25) is 0 Å². The molecule has 0 amide bonds. The molecule has 1 saturated carbocycles. The summed E-state index contributed by atoms with van der Waals surface area (Å²) in [6.07, 6.45) is 3.19. The first-order chi connectivity index (χ1) is 5.20. The summed E-state index contributed by atoms with van der Waals surface area (Å²) >= 11 is 0. The second kappa shape index (κ2) is 2.16. The van der Waals surface area contributed by atoms with Crippen molar-refractivity contribution in [2.45, 2.75) is 13.3 Å². The quantitative estimate of drug-likeness (QED) is 0.505. The number of halogens is 2. The summed E-state index contributed by atoms with van der Waals surface area (Å²) in [5.41, 5.74) is 0. The first-order valence-electron chi connectivity index (χ1n) is 3.93. The fourth-order valence-corrected chi connectivity index (χ4v) is 1.92. The van der Waals surface area contributed by atoms with Gasteiger partial charge >= 0.3 is 0 Å². The number of allylic oxidation sites excluding steroid dienone is 4. The summed E-state index contributed by atoms with van der Waals surface area (Å²) < 4.78 is 25.9. The van der Waals surface area contributed by atoms with Crippen molar-refractivity contribution in [3.63, 3.8) is 0 Å². The van der Waals surface area contributed by atoms with Crippen LogP contribution in [0.25, 0.3) is 0 Å². The van der Waals surface area contributed by atoms with Gasteiger partial charge < -0.3 is 0 Å². The summed E-state index contributed by atoms with van der Waals surface area (Å²) in [5.74, 6) is -0.165. The lowest BCUT2D eigenvalue weighted by Crippen LogP contribution is -2.34. The molecule has 0 aromatic carbocycles. The highest BCUT2D eigenvalue weighted by molar-refractivity contribution is 5.25. The van der Waals surface area contributed by atoms with Crippen LogP contribution in [-0.4, -0.2) is 0 Å². The monoisotopic (exact) mass is 156 g/mol. The van der Waals surface area contributed by atoms with Gasteiger partial charge in [0.2, 0.25) is 0 Å². The second-order valence-electron chi connectivity index (χ2n) is 3.41. The number of rotatable bonds is 0. The minimum atomic E-state index is -0.151. The molecule has 0 saturated heterocycles. The predicted octanol–water partition coefficient (Wildman–Crippen LogP) is 2.98. The van der Waals surface area contributed by atoms with Gasteiger partial charge in [-0.05, 0) is 24.5 Å². The largest absolute Gasteiger partial charge is 0.212 e. The Kier molecular flexibility index (Phi) is 1.38. The zero-order chi connectivity index (χ0) is 8.01. The normalized spacial score (nSPS) is 41.9. The lowest BCUT2D eigenvalue weighted by Gasteiger charge is -2.39. The van der Waals surface area contributed by atoms with Gasteiger partial charge in [-0.2, -0.15) is 0 Å². The van der Waals surface area contributed by atoms with Crippen LogP contribution in [0.1, 0.15) is 13.3 Å². The molecule has 3 rings (SSSR count). The van der Waals surface area contributed by atoms with Gasteiger partial charge in [-0.15, -0.1) is 0 Å². The van der Waals surface area contributed by atoms with E-state index in [2.05, 4.69) is 0 Å². The Morgan fingerprint density at radius 2 is 1.64 bits per heavy atom. The fourth-order valence-electron chi connectivity index (χ4n) is 1.92. The van der Waals surface area contributed by atoms with E-state index in [1.54, 1.807) is 0 Å². The van der Waals surface area contributed by atoms with Crippen molar-refractivity contribution < 1.29 is 8.78 Å². The molecule has 0 aliphatic heterocycles. The Morgan fingerprint density at radius 3 is 2.00 bits per heavy atom. The molecule has 2 unspecified atom stereocenters. The van der Waals surface area contributed by atoms with Crippen molar-refractivity contribution in [3.8, 4) is 0 Å². The Balaban J connectivity index is 2.33. The van der Waals surface area contributed by atoms with Gasteiger partial charge in [0.25, 0.3) is 0 Å².